The van der Waals surface area contributed by atoms with Gasteiger partial charge >= 0.3 is 0 Å². The van der Waals surface area contributed by atoms with Crippen LogP contribution in [0, 0.1) is 5.92 Å². The van der Waals surface area contributed by atoms with Gasteiger partial charge in [0.05, 0.1) is 5.69 Å². The number of primary amides is 1. The molecule has 20 heavy (non-hydrogen) atoms. The van der Waals surface area contributed by atoms with Crippen molar-refractivity contribution in [3.63, 3.8) is 0 Å². The first kappa shape index (κ1) is 16.8. The number of rotatable bonds is 7. The summed E-state index contributed by atoms with van der Waals surface area (Å²) in [4.78, 5) is 11.0. The Morgan fingerprint density at radius 3 is 2.60 bits per heavy atom. The van der Waals surface area contributed by atoms with Crippen molar-refractivity contribution in [3.8, 4) is 0 Å². The van der Waals surface area contributed by atoms with Gasteiger partial charge in [-0.3, -0.25) is 4.79 Å². The quantitative estimate of drug-likeness (QED) is 0.638. The summed E-state index contributed by atoms with van der Waals surface area (Å²) in [6.07, 6.45) is 1.96. The summed E-state index contributed by atoms with van der Waals surface area (Å²) in [7, 11) is -3.68. The highest BCUT2D eigenvalue weighted by Gasteiger charge is 2.19. The molecule has 112 valence electrons. The number of nitrogens with two attached hydrogens (primary N) is 2. The Hall–Kier alpha value is -1.25. The van der Waals surface area contributed by atoms with Crippen molar-refractivity contribution in [1.29, 1.82) is 0 Å². The molecule has 6 nitrogen and oxygen atoms in total. The van der Waals surface area contributed by atoms with Crippen LogP contribution in [-0.2, 0) is 10.0 Å². The van der Waals surface area contributed by atoms with Crippen molar-refractivity contribution in [2.75, 3.05) is 24.3 Å². The van der Waals surface area contributed by atoms with E-state index in [4.69, 9.17) is 11.5 Å². The molecule has 1 aromatic carbocycles. The minimum atomic E-state index is -3.68. The average Bonchev–Trinajstić information content (AvgIpc) is 2.36. The van der Waals surface area contributed by atoms with Crippen molar-refractivity contribution in [2.45, 2.75) is 11.8 Å². The Bertz CT molecular complexity index is 588. The molecule has 1 aromatic rings. The van der Waals surface area contributed by atoms with Crippen LogP contribution < -0.4 is 16.2 Å². The molecule has 0 saturated heterocycles. The lowest BCUT2D eigenvalue weighted by Crippen LogP contribution is -2.30. The lowest BCUT2D eigenvalue weighted by atomic mass is 10.2. The largest absolute Gasteiger partial charge is 0.398 e. The summed E-state index contributed by atoms with van der Waals surface area (Å²) in [6, 6.07) is 3.90. The molecular weight excluding hydrogens is 298 g/mol. The zero-order chi connectivity index (χ0) is 15.3. The van der Waals surface area contributed by atoms with E-state index in [0.29, 0.717) is 6.54 Å². The van der Waals surface area contributed by atoms with E-state index in [0.717, 1.165) is 5.75 Å². The van der Waals surface area contributed by atoms with Crippen molar-refractivity contribution in [3.05, 3.63) is 23.8 Å². The molecule has 0 saturated carbocycles. The molecule has 1 atom stereocenters. The SMILES string of the molecule is CSCC(C)CNS(=O)(=O)c1ccc(C(N)=O)cc1N. The van der Waals surface area contributed by atoms with Crippen LogP contribution in [0.25, 0.3) is 0 Å². The molecule has 0 radical (unpaired) electrons. The number of amides is 1. The fourth-order valence-corrected chi connectivity index (χ4v) is 3.58. The Balaban J connectivity index is 2.90. The number of nitrogens with one attached hydrogen (secondary N) is 1. The maximum Gasteiger partial charge on any atom is 0.248 e. The van der Waals surface area contributed by atoms with Gasteiger partial charge in [-0.1, -0.05) is 6.92 Å². The number of thioether (sulfide) groups is 1. The molecule has 0 aliphatic heterocycles. The minimum Gasteiger partial charge on any atom is -0.398 e. The van der Waals surface area contributed by atoms with Gasteiger partial charge in [0, 0.05) is 12.1 Å². The zero-order valence-electron chi connectivity index (χ0n) is 11.4. The molecule has 0 aliphatic carbocycles. The summed E-state index contributed by atoms with van der Waals surface area (Å²) in [5, 5.41) is 0. The van der Waals surface area contributed by atoms with Crippen LogP contribution in [0.2, 0.25) is 0 Å². The van der Waals surface area contributed by atoms with Crippen LogP contribution in [0.3, 0.4) is 0 Å². The van der Waals surface area contributed by atoms with E-state index in [9.17, 15) is 13.2 Å². The number of carbonyl (C=O) groups is 1. The third-order valence-electron chi connectivity index (χ3n) is 2.66. The van der Waals surface area contributed by atoms with Gasteiger partial charge in [0.1, 0.15) is 4.90 Å². The number of hydrogen-bond donors (Lipinski definition) is 3. The minimum absolute atomic E-state index is 0.00585. The normalized spacial score (nSPS) is 13.1. The van der Waals surface area contributed by atoms with Crippen molar-refractivity contribution < 1.29 is 13.2 Å². The molecule has 0 aliphatic rings. The molecule has 1 amide bonds. The fourth-order valence-electron chi connectivity index (χ4n) is 1.62. The molecule has 5 N–H and O–H groups in total. The highest BCUT2D eigenvalue weighted by Crippen LogP contribution is 2.19. The Kier molecular flexibility index (Phi) is 5.85. The number of benzene rings is 1. The summed E-state index contributed by atoms with van der Waals surface area (Å²) >= 11 is 1.65. The van der Waals surface area contributed by atoms with Gasteiger partial charge in [0.15, 0.2) is 0 Å². The highest BCUT2D eigenvalue weighted by atomic mass is 32.2. The van der Waals surface area contributed by atoms with Gasteiger partial charge in [0.25, 0.3) is 0 Å². The second kappa shape index (κ2) is 6.96. The van der Waals surface area contributed by atoms with E-state index in [1.807, 2.05) is 13.2 Å². The van der Waals surface area contributed by atoms with E-state index in [1.54, 1.807) is 11.8 Å². The topological polar surface area (TPSA) is 115 Å². The highest BCUT2D eigenvalue weighted by molar-refractivity contribution is 7.98. The van der Waals surface area contributed by atoms with Crippen LogP contribution >= 0.6 is 11.8 Å². The second-order valence-electron chi connectivity index (χ2n) is 4.53. The first-order valence-corrected chi connectivity index (χ1v) is 8.83. The van der Waals surface area contributed by atoms with Crippen molar-refractivity contribution >= 4 is 33.4 Å². The van der Waals surface area contributed by atoms with Crippen LogP contribution in [0.4, 0.5) is 5.69 Å². The second-order valence-corrected chi connectivity index (χ2v) is 7.18. The molecule has 0 heterocycles. The van der Waals surface area contributed by atoms with Crippen LogP contribution in [-0.4, -0.2) is 32.9 Å². The monoisotopic (exact) mass is 317 g/mol. The lowest BCUT2D eigenvalue weighted by molar-refractivity contribution is 0.1000. The van der Waals surface area contributed by atoms with Crippen molar-refractivity contribution in [2.24, 2.45) is 11.7 Å². The predicted octanol–water partition coefficient (Wildman–Crippen LogP) is 0.645. The fraction of sp³-hybridized carbons (Fsp3) is 0.417. The van der Waals surface area contributed by atoms with Gasteiger partial charge in [0.2, 0.25) is 15.9 Å². The molecule has 0 bridgehead atoms. The summed E-state index contributed by atoms with van der Waals surface area (Å²) in [6.45, 7) is 2.29. The third-order valence-corrected chi connectivity index (χ3v) is 5.06. The molecule has 0 fully saturated rings. The van der Waals surface area contributed by atoms with E-state index in [2.05, 4.69) is 4.72 Å². The lowest BCUT2D eigenvalue weighted by Gasteiger charge is -2.13. The molecule has 1 unspecified atom stereocenters. The first-order chi connectivity index (χ1) is 9.27. The summed E-state index contributed by atoms with van der Waals surface area (Å²) in [5.74, 6) is 0.423. The number of nitrogen functional groups attached to an aromatic ring is 1. The average molecular weight is 317 g/mol. The molecule has 0 aromatic heterocycles. The standard InChI is InChI=1S/C12H19N3O3S2/c1-8(7-19-2)6-15-20(17,18)11-4-3-9(12(14)16)5-10(11)13/h3-5,8,15H,6-7,13H2,1-2H3,(H2,14,16). The summed E-state index contributed by atoms with van der Waals surface area (Å²) in [5.41, 5.74) is 11.0. The number of carbonyl (C=O) groups excluding carboxylic acids is 1. The Morgan fingerprint density at radius 1 is 1.45 bits per heavy atom. The van der Waals surface area contributed by atoms with Gasteiger partial charge in [-0.05, 0) is 36.1 Å². The zero-order valence-corrected chi connectivity index (χ0v) is 13.1. The van der Waals surface area contributed by atoms with Gasteiger partial charge in [-0.25, -0.2) is 13.1 Å². The van der Waals surface area contributed by atoms with Crippen LogP contribution in [0.1, 0.15) is 17.3 Å². The third kappa shape index (κ3) is 4.39. The Morgan fingerprint density at radius 2 is 2.10 bits per heavy atom. The molecule has 8 heteroatoms. The smallest absolute Gasteiger partial charge is 0.248 e. The molecule has 1 rings (SSSR count). The number of hydrogen-bond acceptors (Lipinski definition) is 5. The van der Waals surface area contributed by atoms with E-state index in [1.165, 1.54) is 18.2 Å². The maximum atomic E-state index is 12.1. The van der Waals surface area contributed by atoms with E-state index < -0.39 is 15.9 Å². The van der Waals surface area contributed by atoms with Gasteiger partial charge in [-0.15, -0.1) is 0 Å². The molecular formula is C12H19N3O3S2. The predicted molar refractivity (Wildman–Crippen MR) is 82.1 cm³/mol. The van der Waals surface area contributed by atoms with Crippen LogP contribution in [0.15, 0.2) is 23.1 Å². The maximum absolute atomic E-state index is 12.1. The Labute approximate surface area is 123 Å². The van der Waals surface area contributed by atoms with E-state index in [-0.39, 0.29) is 22.1 Å². The first-order valence-electron chi connectivity index (χ1n) is 5.96. The molecule has 0 spiro atoms. The van der Waals surface area contributed by atoms with Gasteiger partial charge < -0.3 is 11.5 Å². The number of anilines is 1. The van der Waals surface area contributed by atoms with Gasteiger partial charge in [-0.2, -0.15) is 11.8 Å². The number of sulfonamides is 1. The summed E-state index contributed by atoms with van der Waals surface area (Å²) < 4.78 is 26.8. The van der Waals surface area contributed by atoms with Crippen molar-refractivity contribution in [1.82, 2.24) is 4.72 Å². The van der Waals surface area contributed by atoms with Crippen LogP contribution in [0.5, 0.6) is 0 Å². The van der Waals surface area contributed by atoms with E-state index >= 15 is 0 Å².